The van der Waals surface area contributed by atoms with Crippen LogP contribution < -0.4 is 24.7 Å². The molecule has 2 N–H and O–H groups in total. The molecule has 0 unspecified atom stereocenters. The van der Waals surface area contributed by atoms with E-state index >= 15 is 0 Å². The van der Waals surface area contributed by atoms with Gasteiger partial charge in [-0.05, 0) is 24.3 Å². The molecule has 1 heterocycles. The number of methoxy groups -OCH3 is 1. The molecule has 0 fully saturated rings. The van der Waals surface area contributed by atoms with Crippen LogP contribution in [0.3, 0.4) is 0 Å². The third kappa shape index (κ3) is 2.27. The zero-order valence-electron chi connectivity index (χ0n) is 10.5. The van der Waals surface area contributed by atoms with Gasteiger partial charge >= 0.3 is 0 Å². The van der Waals surface area contributed by atoms with Gasteiger partial charge in [0.2, 0.25) is 17.2 Å². The van der Waals surface area contributed by atoms with E-state index in [2.05, 4.69) is 15.2 Å². The highest BCUT2D eigenvalue weighted by molar-refractivity contribution is 5.66. The highest BCUT2D eigenvalue weighted by Gasteiger charge is 2.16. The molecular weight excluding hydrogens is 266 g/mol. The predicted octanol–water partition coefficient (Wildman–Crippen LogP) is 2.91. The van der Waals surface area contributed by atoms with Crippen molar-refractivity contribution in [2.75, 3.05) is 12.4 Å². The van der Waals surface area contributed by atoms with Gasteiger partial charge in [0.1, 0.15) is 0 Å². The van der Waals surface area contributed by atoms with E-state index < -0.39 is 0 Å². The van der Waals surface area contributed by atoms with E-state index in [1.165, 1.54) is 7.11 Å². The molecule has 0 atom stereocenters. The molecule has 0 amide bonds. The van der Waals surface area contributed by atoms with Crippen molar-refractivity contribution < 1.29 is 29.7 Å². The lowest BCUT2D eigenvalue weighted by molar-refractivity contribution is -0.384. The Morgan fingerprint density at radius 1 is 0.950 bits per heavy atom. The highest BCUT2D eigenvalue weighted by atomic mass is 17.5. The lowest BCUT2D eigenvalue weighted by atomic mass is 10.2. The van der Waals surface area contributed by atoms with Crippen LogP contribution in [0.15, 0.2) is 36.4 Å². The second kappa shape index (κ2) is 5.16. The molecular formula is C13H11NO6. The van der Waals surface area contributed by atoms with Crippen LogP contribution in [0.2, 0.25) is 0 Å². The van der Waals surface area contributed by atoms with Crippen molar-refractivity contribution in [1.29, 1.82) is 0 Å². The Morgan fingerprint density at radius 3 is 2.50 bits per heavy atom. The molecule has 7 heteroatoms. The fourth-order valence-corrected chi connectivity index (χ4v) is 1.80. The van der Waals surface area contributed by atoms with Crippen molar-refractivity contribution in [3.8, 4) is 23.0 Å². The summed E-state index contributed by atoms with van der Waals surface area (Å²) >= 11 is 0. The van der Waals surface area contributed by atoms with Gasteiger partial charge in [-0.1, -0.05) is 0 Å². The van der Waals surface area contributed by atoms with E-state index in [0.29, 0.717) is 22.9 Å². The van der Waals surface area contributed by atoms with Gasteiger partial charge in [0.15, 0.2) is 5.75 Å². The van der Waals surface area contributed by atoms with Gasteiger partial charge in [0, 0.05) is 28.5 Å². The zero-order valence-corrected chi connectivity index (χ0v) is 10.5. The molecule has 0 aliphatic carbocycles. The van der Waals surface area contributed by atoms with Crippen molar-refractivity contribution in [1.82, 2.24) is 0 Å². The Balaban J connectivity index is 1.84. The molecule has 1 aliphatic rings. The number of rotatable bonds is 4. The summed E-state index contributed by atoms with van der Waals surface area (Å²) in [5, 5.41) is 16.3. The summed E-state index contributed by atoms with van der Waals surface area (Å²) in [5.74, 6) is 1.62. The summed E-state index contributed by atoms with van der Waals surface area (Å²) in [4.78, 5) is 13.8. The minimum Gasteiger partial charge on any atom is -0.493 e. The first kappa shape index (κ1) is 12.4. The molecule has 1 aliphatic heterocycles. The summed E-state index contributed by atoms with van der Waals surface area (Å²) in [7, 11) is 1.49. The van der Waals surface area contributed by atoms with Crippen LogP contribution in [0.25, 0.3) is 0 Å². The van der Waals surface area contributed by atoms with Crippen LogP contribution in [0, 0.1) is 0 Å². The van der Waals surface area contributed by atoms with Crippen LogP contribution in [-0.2, 0) is 5.04 Å². The molecule has 0 aromatic heterocycles. The molecule has 20 heavy (non-hydrogen) atoms. The molecule has 2 aromatic carbocycles. The summed E-state index contributed by atoms with van der Waals surface area (Å²) in [6.45, 7) is 0. The van der Waals surface area contributed by atoms with Crippen LogP contribution in [-0.4, -0.2) is 12.4 Å². The highest BCUT2D eigenvalue weighted by Crippen LogP contribution is 2.36. The number of benzene rings is 2. The quantitative estimate of drug-likeness (QED) is 0.657. The number of hydrogen-bond donors (Lipinski definition) is 2. The van der Waals surface area contributed by atoms with Crippen molar-refractivity contribution in [3.05, 3.63) is 36.4 Å². The minimum atomic E-state index is 0.210. The average Bonchev–Trinajstić information content (AvgIpc) is 2.94. The summed E-state index contributed by atoms with van der Waals surface area (Å²) in [5.41, 5.74) is 1.46. The van der Waals surface area contributed by atoms with Gasteiger partial charge in [0.05, 0.1) is 7.11 Å². The van der Waals surface area contributed by atoms with Crippen molar-refractivity contribution in [2.45, 2.75) is 0 Å². The molecule has 3 rings (SSSR count). The molecule has 0 bridgehead atoms. The van der Waals surface area contributed by atoms with Gasteiger partial charge in [-0.3, -0.25) is 9.78 Å². The van der Waals surface area contributed by atoms with Crippen LogP contribution in [0.5, 0.6) is 23.0 Å². The molecule has 104 valence electrons. The Morgan fingerprint density at radius 2 is 1.70 bits per heavy atom. The van der Waals surface area contributed by atoms with E-state index in [9.17, 15) is 0 Å². The molecule has 0 spiro atoms. The monoisotopic (exact) mass is 277 g/mol. The fourth-order valence-electron chi connectivity index (χ4n) is 1.80. The molecule has 0 saturated heterocycles. The predicted molar refractivity (Wildman–Crippen MR) is 68.3 cm³/mol. The molecule has 7 nitrogen and oxygen atoms in total. The van der Waals surface area contributed by atoms with Gasteiger partial charge in [-0.2, -0.15) is 0 Å². The van der Waals surface area contributed by atoms with Crippen molar-refractivity contribution >= 4 is 11.4 Å². The van der Waals surface area contributed by atoms with Crippen molar-refractivity contribution in [3.63, 3.8) is 0 Å². The summed E-state index contributed by atoms with van der Waals surface area (Å²) in [6, 6.07) is 10.3. The lowest BCUT2D eigenvalue weighted by Crippen LogP contribution is -1.94. The first-order valence-corrected chi connectivity index (χ1v) is 5.72. The SMILES string of the molecule is COc1ccc(Nc2ccc3c(c2)OOO3)cc1OO. The summed E-state index contributed by atoms with van der Waals surface area (Å²) < 4.78 is 5.04. The van der Waals surface area contributed by atoms with Gasteiger partial charge in [-0.15, -0.1) is 0 Å². The molecule has 0 radical (unpaired) electrons. The molecule has 0 saturated carbocycles. The van der Waals surface area contributed by atoms with E-state index in [-0.39, 0.29) is 5.75 Å². The minimum absolute atomic E-state index is 0.210. The Bertz CT molecular complexity index is 630. The van der Waals surface area contributed by atoms with Crippen molar-refractivity contribution in [2.24, 2.45) is 0 Å². The third-order valence-corrected chi connectivity index (χ3v) is 2.74. The second-order valence-electron chi connectivity index (χ2n) is 3.98. The third-order valence-electron chi connectivity index (χ3n) is 2.74. The van der Waals surface area contributed by atoms with E-state index in [1.807, 2.05) is 0 Å². The fraction of sp³-hybridized carbons (Fsp3) is 0.0769. The normalized spacial score (nSPS) is 12.1. The first-order valence-electron chi connectivity index (χ1n) is 5.72. The van der Waals surface area contributed by atoms with E-state index in [1.54, 1.807) is 36.4 Å². The maximum absolute atomic E-state index is 8.81. The molecule has 2 aromatic rings. The standard InChI is InChI=1S/C13H11NO6/c1-16-10-4-2-8(6-12(10)17-15)14-9-3-5-11-13(7-9)19-20-18-11/h2-7,14-15H,1H3. The first-order chi connectivity index (χ1) is 9.80. The average molecular weight is 277 g/mol. The van der Waals surface area contributed by atoms with Gasteiger partial charge in [-0.25, -0.2) is 5.26 Å². The maximum atomic E-state index is 8.81. The number of anilines is 2. The lowest BCUT2D eigenvalue weighted by Gasteiger charge is -2.10. The number of hydrogen-bond acceptors (Lipinski definition) is 7. The number of fused-ring (bicyclic) bond motifs is 1. The summed E-state index contributed by atoms with van der Waals surface area (Å²) in [6.07, 6.45) is 0. The Labute approximate surface area is 114 Å². The second-order valence-corrected chi connectivity index (χ2v) is 3.98. The van der Waals surface area contributed by atoms with Crippen LogP contribution in [0.4, 0.5) is 11.4 Å². The van der Waals surface area contributed by atoms with E-state index in [0.717, 1.165) is 5.69 Å². The van der Waals surface area contributed by atoms with Gasteiger partial charge < -0.3 is 14.9 Å². The topological polar surface area (TPSA) is 78.4 Å². The van der Waals surface area contributed by atoms with E-state index in [4.69, 9.17) is 19.8 Å². The largest absolute Gasteiger partial charge is 0.493 e. The van der Waals surface area contributed by atoms with Crippen LogP contribution in [0.1, 0.15) is 0 Å². The number of nitrogens with one attached hydrogen (secondary N) is 1. The Kier molecular flexibility index (Phi) is 3.20. The maximum Gasteiger partial charge on any atom is 0.217 e. The van der Waals surface area contributed by atoms with Crippen LogP contribution >= 0.6 is 0 Å². The smallest absolute Gasteiger partial charge is 0.217 e. The van der Waals surface area contributed by atoms with Gasteiger partial charge in [0.25, 0.3) is 0 Å². The Hall–Kier alpha value is -2.64. The zero-order chi connectivity index (χ0) is 13.9. The number of ether oxygens (including phenoxy) is 1.